The lowest BCUT2D eigenvalue weighted by molar-refractivity contribution is 0.0559. The highest BCUT2D eigenvalue weighted by molar-refractivity contribution is 5.73. The minimum absolute atomic E-state index is 0.567. The number of nitrogens with zero attached hydrogens (tertiary/aromatic N) is 1. The van der Waals surface area contributed by atoms with Gasteiger partial charge in [-0.2, -0.15) is 0 Å². The fourth-order valence-corrected chi connectivity index (χ4v) is 2.86. The van der Waals surface area contributed by atoms with Crippen LogP contribution < -0.4 is 15.4 Å². The summed E-state index contributed by atoms with van der Waals surface area (Å²) in [5, 5.41) is 10.5. The van der Waals surface area contributed by atoms with Crippen molar-refractivity contribution in [2.24, 2.45) is 0 Å². The third-order valence-electron chi connectivity index (χ3n) is 3.82. The Bertz CT molecular complexity index is 428. The zero-order valence-corrected chi connectivity index (χ0v) is 11.9. The Hall–Kier alpha value is -1.42. The van der Waals surface area contributed by atoms with Crippen LogP contribution in [0.1, 0.15) is 32.6 Å². The summed E-state index contributed by atoms with van der Waals surface area (Å²) in [4.78, 5) is 2.03. The summed E-state index contributed by atoms with van der Waals surface area (Å²) in [6, 6.07) is 5.78. The number of anilines is 2. The molecular formula is C15H24N2O2. The van der Waals surface area contributed by atoms with Gasteiger partial charge in [-0.15, -0.1) is 0 Å². The minimum Gasteiger partial charge on any atom is -0.492 e. The van der Waals surface area contributed by atoms with Crippen LogP contribution in [-0.2, 0) is 0 Å². The molecule has 1 aromatic rings. The van der Waals surface area contributed by atoms with Gasteiger partial charge in [0.15, 0.2) is 0 Å². The van der Waals surface area contributed by atoms with E-state index in [9.17, 15) is 5.11 Å². The first-order valence-electron chi connectivity index (χ1n) is 7.00. The van der Waals surface area contributed by atoms with Crippen LogP contribution in [0.4, 0.5) is 11.4 Å². The highest BCUT2D eigenvalue weighted by Crippen LogP contribution is 2.35. The van der Waals surface area contributed by atoms with Crippen molar-refractivity contribution in [1.29, 1.82) is 0 Å². The van der Waals surface area contributed by atoms with Crippen molar-refractivity contribution in [2.45, 2.75) is 38.2 Å². The summed E-state index contributed by atoms with van der Waals surface area (Å²) < 4.78 is 5.51. The number of nitrogen functional groups attached to an aromatic ring is 1. The number of rotatable bonds is 5. The van der Waals surface area contributed by atoms with E-state index in [1.807, 2.05) is 37.1 Å². The van der Waals surface area contributed by atoms with Crippen LogP contribution >= 0.6 is 0 Å². The second kappa shape index (κ2) is 5.70. The smallest absolute Gasteiger partial charge is 0.144 e. The first-order valence-corrected chi connectivity index (χ1v) is 7.00. The van der Waals surface area contributed by atoms with Crippen LogP contribution in [0.15, 0.2) is 18.2 Å². The van der Waals surface area contributed by atoms with Gasteiger partial charge in [-0.25, -0.2) is 0 Å². The molecule has 2 rings (SSSR count). The van der Waals surface area contributed by atoms with Gasteiger partial charge in [-0.3, -0.25) is 0 Å². The molecule has 19 heavy (non-hydrogen) atoms. The molecule has 1 fully saturated rings. The van der Waals surface area contributed by atoms with E-state index in [1.54, 1.807) is 0 Å². The molecule has 4 heteroatoms. The zero-order chi connectivity index (χ0) is 13.9. The SMILES string of the molecule is CCOc1cccc(N(C)CC2(O)CCCC2)c1N. The Balaban J connectivity index is 2.14. The summed E-state index contributed by atoms with van der Waals surface area (Å²) in [6.45, 7) is 3.16. The molecule has 106 valence electrons. The average molecular weight is 264 g/mol. The van der Waals surface area contributed by atoms with E-state index in [2.05, 4.69) is 0 Å². The summed E-state index contributed by atoms with van der Waals surface area (Å²) in [5.41, 5.74) is 7.14. The van der Waals surface area contributed by atoms with Gasteiger partial charge in [0.1, 0.15) is 5.75 Å². The second-order valence-electron chi connectivity index (χ2n) is 5.41. The normalized spacial score (nSPS) is 17.4. The van der Waals surface area contributed by atoms with Crippen molar-refractivity contribution in [2.75, 3.05) is 30.8 Å². The lowest BCUT2D eigenvalue weighted by Crippen LogP contribution is -2.39. The van der Waals surface area contributed by atoms with E-state index < -0.39 is 5.60 Å². The van der Waals surface area contributed by atoms with E-state index >= 15 is 0 Å². The molecule has 1 aromatic carbocycles. The molecule has 4 nitrogen and oxygen atoms in total. The van der Waals surface area contributed by atoms with Crippen molar-refractivity contribution in [3.05, 3.63) is 18.2 Å². The quantitative estimate of drug-likeness (QED) is 0.802. The lowest BCUT2D eigenvalue weighted by atomic mass is 10.0. The molecule has 0 atom stereocenters. The van der Waals surface area contributed by atoms with Crippen LogP contribution in [0.25, 0.3) is 0 Å². The van der Waals surface area contributed by atoms with E-state index in [0.29, 0.717) is 24.6 Å². The van der Waals surface area contributed by atoms with Gasteiger partial charge >= 0.3 is 0 Å². The highest BCUT2D eigenvalue weighted by atomic mass is 16.5. The molecule has 0 unspecified atom stereocenters. The van der Waals surface area contributed by atoms with Crippen LogP contribution in [-0.4, -0.2) is 30.9 Å². The summed E-state index contributed by atoms with van der Waals surface area (Å²) >= 11 is 0. The number of hydrogen-bond donors (Lipinski definition) is 2. The van der Waals surface area contributed by atoms with Crippen molar-refractivity contribution < 1.29 is 9.84 Å². The Kier molecular flexibility index (Phi) is 4.20. The van der Waals surface area contributed by atoms with Crippen LogP contribution in [0, 0.1) is 0 Å². The number of hydrogen-bond acceptors (Lipinski definition) is 4. The van der Waals surface area contributed by atoms with Gasteiger partial charge in [0.2, 0.25) is 0 Å². The molecule has 1 saturated carbocycles. The number of nitrogens with two attached hydrogens (primary N) is 1. The molecule has 0 amide bonds. The maximum atomic E-state index is 10.5. The topological polar surface area (TPSA) is 58.7 Å². The van der Waals surface area contributed by atoms with E-state index in [4.69, 9.17) is 10.5 Å². The van der Waals surface area contributed by atoms with Crippen molar-refractivity contribution in [3.63, 3.8) is 0 Å². The molecule has 1 aliphatic rings. The molecule has 0 heterocycles. The monoisotopic (exact) mass is 264 g/mol. The predicted octanol–water partition coefficient (Wildman–Crippen LogP) is 2.41. The molecule has 0 aliphatic heterocycles. The van der Waals surface area contributed by atoms with Gasteiger partial charge in [0.25, 0.3) is 0 Å². The second-order valence-corrected chi connectivity index (χ2v) is 5.41. The molecule has 0 saturated heterocycles. The number of para-hydroxylation sites is 1. The average Bonchev–Trinajstić information content (AvgIpc) is 2.78. The van der Waals surface area contributed by atoms with Gasteiger partial charge in [0.05, 0.1) is 23.6 Å². The van der Waals surface area contributed by atoms with Gasteiger partial charge in [0, 0.05) is 13.6 Å². The third kappa shape index (κ3) is 3.13. The van der Waals surface area contributed by atoms with Crippen LogP contribution in [0.3, 0.4) is 0 Å². The fraction of sp³-hybridized carbons (Fsp3) is 0.600. The molecular weight excluding hydrogens is 240 g/mol. The first kappa shape index (κ1) is 14.0. The van der Waals surface area contributed by atoms with Gasteiger partial charge < -0.3 is 20.5 Å². The standard InChI is InChI=1S/C15H24N2O2/c1-3-19-13-8-6-7-12(14(13)16)17(2)11-15(18)9-4-5-10-15/h6-8,18H,3-5,9-11,16H2,1-2H3. The molecule has 1 aliphatic carbocycles. The van der Waals surface area contributed by atoms with Crippen LogP contribution in [0.5, 0.6) is 5.75 Å². The molecule has 0 aromatic heterocycles. The van der Waals surface area contributed by atoms with E-state index in [1.165, 1.54) is 0 Å². The third-order valence-corrected chi connectivity index (χ3v) is 3.82. The van der Waals surface area contributed by atoms with Crippen molar-refractivity contribution in [1.82, 2.24) is 0 Å². The predicted molar refractivity (Wildman–Crippen MR) is 78.7 cm³/mol. The summed E-state index contributed by atoms with van der Waals surface area (Å²) in [7, 11) is 1.97. The largest absolute Gasteiger partial charge is 0.492 e. The molecule has 3 N–H and O–H groups in total. The Morgan fingerprint density at radius 3 is 2.68 bits per heavy atom. The summed E-state index contributed by atoms with van der Waals surface area (Å²) in [5.74, 6) is 0.713. The number of ether oxygens (including phenoxy) is 1. The van der Waals surface area contributed by atoms with Crippen molar-refractivity contribution >= 4 is 11.4 Å². The van der Waals surface area contributed by atoms with Crippen molar-refractivity contribution in [3.8, 4) is 5.75 Å². The lowest BCUT2D eigenvalue weighted by Gasteiger charge is -2.31. The van der Waals surface area contributed by atoms with E-state index in [0.717, 1.165) is 31.4 Å². The maximum absolute atomic E-state index is 10.5. The Labute approximate surface area is 115 Å². The van der Waals surface area contributed by atoms with Gasteiger partial charge in [-0.05, 0) is 31.9 Å². The Morgan fingerprint density at radius 2 is 2.05 bits per heavy atom. The number of benzene rings is 1. The minimum atomic E-state index is -0.567. The fourth-order valence-electron chi connectivity index (χ4n) is 2.86. The van der Waals surface area contributed by atoms with E-state index in [-0.39, 0.29) is 0 Å². The first-order chi connectivity index (χ1) is 9.06. The maximum Gasteiger partial charge on any atom is 0.144 e. The highest BCUT2D eigenvalue weighted by Gasteiger charge is 2.32. The summed E-state index contributed by atoms with van der Waals surface area (Å²) in [6.07, 6.45) is 3.97. The van der Waals surface area contributed by atoms with Crippen LogP contribution in [0.2, 0.25) is 0 Å². The Morgan fingerprint density at radius 1 is 1.37 bits per heavy atom. The molecule has 0 spiro atoms. The number of likely N-dealkylation sites (N-methyl/N-ethyl adjacent to an activating group) is 1. The zero-order valence-electron chi connectivity index (χ0n) is 11.9. The molecule has 0 radical (unpaired) electrons. The van der Waals surface area contributed by atoms with Gasteiger partial charge in [-0.1, -0.05) is 18.9 Å². The molecule has 0 bridgehead atoms. The number of aliphatic hydroxyl groups is 1.